The minimum atomic E-state index is 0.598. The summed E-state index contributed by atoms with van der Waals surface area (Å²) in [4.78, 5) is 6.06. The van der Waals surface area contributed by atoms with Crippen molar-refractivity contribution < 1.29 is 4.74 Å². The molecule has 1 aromatic heterocycles. The van der Waals surface area contributed by atoms with Crippen LogP contribution in [0.3, 0.4) is 0 Å². The van der Waals surface area contributed by atoms with Gasteiger partial charge in [-0.05, 0) is 49.0 Å². The van der Waals surface area contributed by atoms with Crippen molar-refractivity contribution in [3.63, 3.8) is 0 Å². The topological polar surface area (TPSA) is 28.3 Å². The normalized spacial score (nSPS) is 17.0. The first-order valence-electron chi connectivity index (χ1n) is 9.53. The molecule has 132 valence electrons. The fraction of sp³-hybridized carbons (Fsp3) is 0.304. The predicted octanol–water partition coefficient (Wildman–Crippen LogP) is 5.12. The zero-order valence-electron chi connectivity index (χ0n) is 15.2. The highest BCUT2D eigenvalue weighted by Gasteiger charge is 2.30. The summed E-state index contributed by atoms with van der Waals surface area (Å²) in [5.41, 5.74) is 6.54. The lowest BCUT2D eigenvalue weighted by Crippen LogP contribution is -2.35. The predicted molar refractivity (Wildman–Crippen MR) is 106 cm³/mol. The van der Waals surface area contributed by atoms with Crippen molar-refractivity contribution in [3.05, 3.63) is 71.6 Å². The Morgan fingerprint density at radius 1 is 1.08 bits per heavy atom. The molecule has 0 unspecified atom stereocenters. The maximum Gasteiger partial charge on any atom is 0.121 e. The van der Waals surface area contributed by atoms with E-state index in [9.17, 15) is 0 Å². The third-order valence-corrected chi connectivity index (χ3v) is 5.79. The van der Waals surface area contributed by atoms with E-state index in [-0.39, 0.29) is 0 Å². The van der Waals surface area contributed by atoms with Gasteiger partial charge >= 0.3 is 0 Å². The Labute approximate surface area is 154 Å². The number of H-pyrrole nitrogens is 1. The van der Waals surface area contributed by atoms with E-state index in [0.717, 1.165) is 5.75 Å². The second kappa shape index (κ2) is 6.24. The average Bonchev–Trinajstić information content (AvgIpc) is 3.03. The fourth-order valence-corrected chi connectivity index (χ4v) is 4.42. The highest BCUT2D eigenvalue weighted by Crippen LogP contribution is 2.41. The quantitative estimate of drug-likeness (QED) is 0.711. The van der Waals surface area contributed by atoms with Gasteiger partial charge in [0, 0.05) is 47.5 Å². The molecule has 26 heavy (non-hydrogen) atoms. The van der Waals surface area contributed by atoms with E-state index in [0.29, 0.717) is 12.5 Å². The van der Waals surface area contributed by atoms with E-state index < -0.39 is 0 Å². The molecule has 2 aromatic carbocycles. The molecule has 1 saturated heterocycles. The number of aromatic nitrogens is 1. The number of nitrogens with zero attached hydrogens (tertiary/aromatic N) is 1. The molecule has 3 nitrogen and oxygen atoms in total. The molecule has 3 aromatic rings. The summed E-state index contributed by atoms with van der Waals surface area (Å²) < 4.78 is 6.00. The standard InChI is InChI=1S/C23H24N2O/c1-16-23(21-14-25-11-9-18(21)10-12-25)20-8-7-19(13-22(20)24-16)26-15-17-5-3-2-4-6-17/h2-8,13-14,18,24H,9-12,15H2,1H3. The van der Waals surface area contributed by atoms with Crippen LogP contribution in [0.2, 0.25) is 0 Å². The number of allylic oxidation sites excluding steroid dienone is 1. The zero-order valence-corrected chi connectivity index (χ0v) is 15.2. The summed E-state index contributed by atoms with van der Waals surface area (Å²) in [6.07, 6.45) is 4.97. The molecule has 3 aliphatic rings. The molecule has 0 atom stereocenters. The van der Waals surface area contributed by atoms with Crippen molar-refractivity contribution in [3.8, 4) is 5.75 Å². The Balaban J connectivity index is 1.46. The maximum absolute atomic E-state index is 6.00. The van der Waals surface area contributed by atoms with E-state index in [4.69, 9.17) is 4.74 Å². The maximum atomic E-state index is 6.00. The number of rotatable bonds is 4. The summed E-state index contributed by atoms with van der Waals surface area (Å²) >= 11 is 0. The van der Waals surface area contributed by atoms with Crippen molar-refractivity contribution in [1.29, 1.82) is 0 Å². The number of piperidine rings is 1. The second-order valence-electron chi connectivity index (χ2n) is 7.50. The van der Waals surface area contributed by atoms with Crippen LogP contribution >= 0.6 is 0 Å². The lowest BCUT2D eigenvalue weighted by atomic mass is 9.81. The Bertz CT molecular complexity index is 963. The van der Waals surface area contributed by atoms with Crippen molar-refractivity contribution in [2.75, 3.05) is 13.1 Å². The molecular formula is C23H24N2O. The van der Waals surface area contributed by atoms with Crippen LogP contribution in [0.25, 0.3) is 16.5 Å². The van der Waals surface area contributed by atoms with Gasteiger partial charge in [0.2, 0.25) is 0 Å². The van der Waals surface area contributed by atoms with E-state index in [2.05, 4.69) is 53.3 Å². The Kier molecular flexibility index (Phi) is 3.74. The van der Waals surface area contributed by atoms with Crippen molar-refractivity contribution in [1.82, 2.24) is 9.88 Å². The number of aryl methyl sites for hydroxylation is 1. The van der Waals surface area contributed by atoms with Crippen LogP contribution in [0, 0.1) is 12.8 Å². The van der Waals surface area contributed by atoms with Crippen LogP contribution in [0.5, 0.6) is 5.75 Å². The van der Waals surface area contributed by atoms with Crippen LogP contribution in [-0.2, 0) is 6.61 Å². The molecule has 0 saturated carbocycles. The van der Waals surface area contributed by atoms with Gasteiger partial charge in [-0.15, -0.1) is 0 Å². The molecule has 0 radical (unpaired) electrons. The number of hydrogen-bond donors (Lipinski definition) is 1. The lowest BCUT2D eigenvalue weighted by Gasteiger charge is -2.39. The molecule has 4 heterocycles. The highest BCUT2D eigenvalue weighted by molar-refractivity contribution is 5.95. The van der Waals surface area contributed by atoms with Gasteiger partial charge in [-0.1, -0.05) is 30.3 Å². The van der Waals surface area contributed by atoms with E-state index >= 15 is 0 Å². The van der Waals surface area contributed by atoms with E-state index in [1.165, 1.54) is 59.2 Å². The average molecular weight is 344 g/mol. The Hall–Kier alpha value is -2.68. The number of ether oxygens (including phenoxy) is 1. The molecule has 2 bridgehead atoms. The van der Waals surface area contributed by atoms with Crippen LogP contribution in [0.1, 0.15) is 29.7 Å². The smallest absolute Gasteiger partial charge is 0.121 e. The molecule has 3 heteroatoms. The van der Waals surface area contributed by atoms with E-state index in [1.807, 2.05) is 18.2 Å². The second-order valence-corrected chi connectivity index (χ2v) is 7.50. The third-order valence-electron chi connectivity index (χ3n) is 5.79. The molecular weight excluding hydrogens is 320 g/mol. The molecule has 3 aliphatic heterocycles. The van der Waals surface area contributed by atoms with E-state index in [1.54, 1.807) is 0 Å². The van der Waals surface area contributed by atoms with Crippen LogP contribution < -0.4 is 4.74 Å². The molecule has 0 spiro atoms. The summed E-state index contributed by atoms with van der Waals surface area (Å²) in [7, 11) is 0. The van der Waals surface area contributed by atoms with Gasteiger partial charge in [0.1, 0.15) is 12.4 Å². The Morgan fingerprint density at radius 2 is 1.88 bits per heavy atom. The van der Waals surface area contributed by atoms with Crippen LogP contribution in [0.15, 0.2) is 54.7 Å². The molecule has 6 rings (SSSR count). The minimum absolute atomic E-state index is 0.598. The SMILES string of the molecule is Cc1[nH]c2cc(OCc3ccccc3)ccc2c1C1=CN2CCC1CC2. The van der Waals surface area contributed by atoms with Gasteiger partial charge in [0.05, 0.1) is 0 Å². The molecule has 1 N–H and O–H groups in total. The van der Waals surface area contributed by atoms with Gasteiger partial charge in [0.15, 0.2) is 0 Å². The number of aromatic amines is 1. The third kappa shape index (κ3) is 2.68. The first-order valence-corrected chi connectivity index (χ1v) is 9.53. The first kappa shape index (κ1) is 15.6. The summed E-state index contributed by atoms with van der Waals surface area (Å²) in [6, 6.07) is 16.8. The van der Waals surface area contributed by atoms with Crippen LogP contribution in [0.4, 0.5) is 0 Å². The van der Waals surface area contributed by atoms with Gasteiger partial charge in [-0.3, -0.25) is 0 Å². The number of hydrogen-bond acceptors (Lipinski definition) is 2. The Morgan fingerprint density at radius 3 is 2.62 bits per heavy atom. The minimum Gasteiger partial charge on any atom is -0.489 e. The summed E-state index contributed by atoms with van der Waals surface area (Å²) in [5, 5.41) is 1.31. The fourth-order valence-electron chi connectivity index (χ4n) is 4.42. The largest absolute Gasteiger partial charge is 0.489 e. The van der Waals surface area contributed by atoms with Crippen LogP contribution in [-0.4, -0.2) is 23.0 Å². The molecule has 1 fully saturated rings. The van der Waals surface area contributed by atoms with Crippen molar-refractivity contribution in [2.24, 2.45) is 5.92 Å². The molecule has 0 amide bonds. The number of fused-ring (bicyclic) bond motifs is 3. The lowest BCUT2D eigenvalue weighted by molar-refractivity contribution is 0.252. The monoisotopic (exact) mass is 344 g/mol. The van der Waals surface area contributed by atoms with Gasteiger partial charge in [0.25, 0.3) is 0 Å². The summed E-state index contributed by atoms with van der Waals surface area (Å²) in [5.74, 6) is 1.63. The van der Waals surface area contributed by atoms with Crippen molar-refractivity contribution in [2.45, 2.75) is 26.4 Å². The number of nitrogens with one attached hydrogen (secondary N) is 1. The molecule has 0 aliphatic carbocycles. The first-order chi connectivity index (χ1) is 12.8. The van der Waals surface area contributed by atoms with Gasteiger partial charge < -0.3 is 14.6 Å². The zero-order chi connectivity index (χ0) is 17.5. The van der Waals surface area contributed by atoms with Gasteiger partial charge in [-0.2, -0.15) is 0 Å². The van der Waals surface area contributed by atoms with Gasteiger partial charge in [-0.25, -0.2) is 0 Å². The highest BCUT2D eigenvalue weighted by atomic mass is 16.5. The number of benzene rings is 2. The summed E-state index contributed by atoms with van der Waals surface area (Å²) in [6.45, 7) is 5.22. The van der Waals surface area contributed by atoms with Crippen molar-refractivity contribution >= 4 is 16.5 Å².